The van der Waals surface area contributed by atoms with E-state index in [0.717, 1.165) is 17.9 Å². The van der Waals surface area contributed by atoms with Gasteiger partial charge in [-0.05, 0) is 45.3 Å². The minimum atomic E-state index is 0.507. The van der Waals surface area contributed by atoms with Crippen LogP contribution in [0.2, 0.25) is 0 Å². The van der Waals surface area contributed by atoms with E-state index in [1.165, 1.54) is 25.9 Å². The van der Waals surface area contributed by atoms with Crippen LogP contribution >= 0.6 is 0 Å². The molecule has 0 saturated carbocycles. The fourth-order valence-corrected chi connectivity index (χ4v) is 2.60. The van der Waals surface area contributed by atoms with Crippen molar-refractivity contribution in [2.24, 2.45) is 0 Å². The molecule has 4 nitrogen and oxygen atoms in total. The fraction of sp³-hybridized carbons (Fsp3) is 0.733. The van der Waals surface area contributed by atoms with Gasteiger partial charge in [-0.3, -0.25) is 0 Å². The van der Waals surface area contributed by atoms with Crippen molar-refractivity contribution in [3.8, 4) is 0 Å². The number of hydrogen-bond acceptors (Lipinski definition) is 4. The second-order valence-electron chi connectivity index (χ2n) is 5.76. The molecule has 1 fully saturated rings. The lowest BCUT2D eigenvalue weighted by molar-refractivity contribution is 0.252. The van der Waals surface area contributed by atoms with Crippen LogP contribution in [0.1, 0.15) is 44.7 Å². The van der Waals surface area contributed by atoms with Crippen LogP contribution in [0.4, 0.5) is 5.82 Å². The molecule has 19 heavy (non-hydrogen) atoms. The van der Waals surface area contributed by atoms with Crippen LogP contribution in [0, 0.1) is 0 Å². The van der Waals surface area contributed by atoms with Crippen molar-refractivity contribution in [3.63, 3.8) is 0 Å². The zero-order valence-electron chi connectivity index (χ0n) is 12.6. The van der Waals surface area contributed by atoms with E-state index in [-0.39, 0.29) is 0 Å². The molecule has 2 heterocycles. The molecule has 1 unspecified atom stereocenters. The van der Waals surface area contributed by atoms with Crippen molar-refractivity contribution in [3.05, 3.63) is 18.1 Å². The van der Waals surface area contributed by atoms with Gasteiger partial charge in [-0.1, -0.05) is 13.8 Å². The highest BCUT2D eigenvalue weighted by Crippen LogP contribution is 2.23. The van der Waals surface area contributed by atoms with E-state index in [9.17, 15) is 0 Å². The molecule has 0 aromatic carbocycles. The molecule has 0 aliphatic carbocycles. The Morgan fingerprint density at radius 1 is 1.37 bits per heavy atom. The van der Waals surface area contributed by atoms with Gasteiger partial charge in [-0.25, -0.2) is 9.97 Å². The molecule has 1 saturated heterocycles. The second kappa shape index (κ2) is 6.33. The van der Waals surface area contributed by atoms with E-state index in [1.807, 2.05) is 0 Å². The minimum Gasteiger partial charge on any atom is -0.356 e. The molecule has 0 bridgehead atoms. The van der Waals surface area contributed by atoms with Crippen LogP contribution in [0.5, 0.6) is 0 Å². The van der Waals surface area contributed by atoms with Crippen LogP contribution in [0.15, 0.2) is 12.4 Å². The van der Waals surface area contributed by atoms with Gasteiger partial charge in [-0.15, -0.1) is 0 Å². The highest BCUT2D eigenvalue weighted by atomic mass is 15.2. The Bertz CT molecular complexity index is 399. The lowest BCUT2D eigenvalue weighted by Gasteiger charge is -2.35. The molecule has 0 radical (unpaired) electrons. The zero-order chi connectivity index (χ0) is 13.8. The summed E-state index contributed by atoms with van der Waals surface area (Å²) in [6, 6.07) is 2.77. The molecule has 1 atom stereocenters. The zero-order valence-corrected chi connectivity index (χ0v) is 12.6. The van der Waals surface area contributed by atoms with Gasteiger partial charge in [-0.2, -0.15) is 0 Å². The van der Waals surface area contributed by atoms with Crippen LogP contribution < -0.4 is 4.90 Å². The van der Waals surface area contributed by atoms with Crippen molar-refractivity contribution in [1.29, 1.82) is 0 Å². The smallest absolute Gasteiger partial charge is 0.132 e. The van der Waals surface area contributed by atoms with Crippen LogP contribution in [0.3, 0.4) is 0 Å². The van der Waals surface area contributed by atoms with Gasteiger partial charge >= 0.3 is 0 Å². The largest absolute Gasteiger partial charge is 0.356 e. The normalized spacial score (nSPS) is 19.4. The summed E-state index contributed by atoms with van der Waals surface area (Å²) in [5, 5.41) is 0. The summed E-state index contributed by atoms with van der Waals surface area (Å²) >= 11 is 0. The maximum atomic E-state index is 4.45. The molecule has 1 aliphatic rings. The highest BCUT2D eigenvalue weighted by molar-refractivity contribution is 5.40. The standard InChI is InChI=1S/C15H26N4/c1-5-12(2)14-10-15(17-11-16-14)19(4)13-6-8-18(3)9-7-13/h10-13H,5-9H2,1-4H3. The van der Waals surface area contributed by atoms with Gasteiger partial charge in [0.1, 0.15) is 12.1 Å². The van der Waals surface area contributed by atoms with Crippen LogP contribution in [0.25, 0.3) is 0 Å². The summed E-state index contributed by atoms with van der Waals surface area (Å²) in [6.45, 7) is 6.78. The van der Waals surface area contributed by atoms with Gasteiger partial charge in [0.05, 0.1) is 0 Å². The maximum Gasteiger partial charge on any atom is 0.132 e. The van der Waals surface area contributed by atoms with Crippen molar-refractivity contribution < 1.29 is 0 Å². The molecule has 0 spiro atoms. The molecule has 1 aromatic rings. The van der Waals surface area contributed by atoms with Crippen molar-refractivity contribution >= 4 is 5.82 Å². The third kappa shape index (κ3) is 3.44. The van der Waals surface area contributed by atoms with E-state index in [2.05, 4.69) is 53.8 Å². The second-order valence-corrected chi connectivity index (χ2v) is 5.76. The summed E-state index contributed by atoms with van der Waals surface area (Å²) in [4.78, 5) is 13.6. The number of likely N-dealkylation sites (tertiary alicyclic amines) is 1. The van der Waals surface area contributed by atoms with Crippen LogP contribution in [-0.2, 0) is 0 Å². The predicted molar refractivity (Wildman–Crippen MR) is 79.7 cm³/mol. The van der Waals surface area contributed by atoms with E-state index in [1.54, 1.807) is 6.33 Å². The quantitative estimate of drug-likeness (QED) is 0.834. The number of hydrogen-bond donors (Lipinski definition) is 0. The first kappa shape index (κ1) is 14.3. The monoisotopic (exact) mass is 262 g/mol. The molecule has 106 valence electrons. The molecular formula is C15H26N4. The molecule has 0 amide bonds. The topological polar surface area (TPSA) is 32.3 Å². The Balaban J connectivity index is 2.08. The summed E-state index contributed by atoms with van der Waals surface area (Å²) in [5.74, 6) is 1.58. The van der Waals surface area contributed by atoms with E-state index >= 15 is 0 Å². The first-order valence-electron chi connectivity index (χ1n) is 7.35. The van der Waals surface area contributed by atoms with Crippen molar-refractivity contribution in [2.45, 2.75) is 45.1 Å². The third-order valence-corrected chi connectivity index (χ3v) is 4.39. The Hall–Kier alpha value is -1.16. The van der Waals surface area contributed by atoms with Gasteiger partial charge in [0.15, 0.2) is 0 Å². The number of aromatic nitrogens is 2. The Morgan fingerprint density at radius 3 is 2.68 bits per heavy atom. The van der Waals surface area contributed by atoms with Gasteiger partial charge in [0.25, 0.3) is 0 Å². The predicted octanol–water partition coefficient (Wildman–Crippen LogP) is 2.52. The van der Waals surface area contributed by atoms with Gasteiger partial charge in [0, 0.05) is 24.8 Å². The number of anilines is 1. The molecule has 2 rings (SSSR count). The SMILES string of the molecule is CCC(C)c1cc(N(C)C2CCN(C)CC2)ncn1. The average molecular weight is 262 g/mol. The Labute approximate surface area is 116 Å². The van der Waals surface area contributed by atoms with Crippen LogP contribution in [-0.4, -0.2) is 48.1 Å². The molecule has 4 heteroatoms. The number of nitrogens with zero attached hydrogens (tertiary/aromatic N) is 4. The maximum absolute atomic E-state index is 4.45. The molecule has 0 N–H and O–H groups in total. The third-order valence-electron chi connectivity index (χ3n) is 4.39. The van der Waals surface area contributed by atoms with E-state index in [4.69, 9.17) is 0 Å². The number of rotatable bonds is 4. The summed E-state index contributed by atoms with van der Waals surface area (Å²) in [5.41, 5.74) is 1.16. The Morgan fingerprint density at radius 2 is 2.05 bits per heavy atom. The van der Waals surface area contributed by atoms with Crippen molar-refractivity contribution in [1.82, 2.24) is 14.9 Å². The molecule has 1 aromatic heterocycles. The van der Waals surface area contributed by atoms with Gasteiger partial charge in [0.2, 0.25) is 0 Å². The first-order chi connectivity index (χ1) is 9.11. The molecular weight excluding hydrogens is 236 g/mol. The van der Waals surface area contributed by atoms with Gasteiger partial charge < -0.3 is 9.80 Å². The summed E-state index contributed by atoms with van der Waals surface area (Å²) in [6.07, 6.45) is 5.27. The van der Waals surface area contributed by atoms with Crippen molar-refractivity contribution in [2.75, 3.05) is 32.1 Å². The Kier molecular flexibility index (Phi) is 4.75. The lowest BCUT2D eigenvalue weighted by atomic mass is 10.0. The summed E-state index contributed by atoms with van der Waals surface area (Å²) < 4.78 is 0. The average Bonchev–Trinajstić information content (AvgIpc) is 2.46. The first-order valence-corrected chi connectivity index (χ1v) is 7.35. The van der Waals surface area contributed by atoms with E-state index in [0.29, 0.717) is 12.0 Å². The van der Waals surface area contributed by atoms with E-state index < -0.39 is 0 Å². The highest BCUT2D eigenvalue weighted by Gasteiger charge is 2.22. The molecule has 1 aliphatic heterocycles. The lowest BCUT2D eigenvalue weighted by Crippen LogP contribution is -2.42. The number of piperidine rings is 1. The fourth-order valence-electron chi connectivity index (χ4n) is 2.60. The summed E-state index contributed by atoms with van der Waals surface area (Å²) in [7, 11) is 4.36. The minimum absolute atomic E-state index is 0.507.